The summed E-state index contributed by atoms with van der Waals surface area (Å²) < 4.78 is 108. The largest absolute Gasteiger partial charge is 0.505 e. The van der Waals surface area contributed by atoms with Crippen LogP contribution in [-0.4, -0.2) is 60.2 Å². The standard InChI is InChI=1S/C20H10Cl2O14S3/c21-10-4-8-13(7-2-1-6(20(25)26)3-12(7)37(27,28)29)9-5-11(22)15(24)19(39(33,34)35)17(9)36-16(8)18(14(10)23)38(30,31)32/h1-5H,(H5-,23,24,25,26,27,28,29,30,31,32,33,34,35)/p+1. The van der Waals surface area contributed by atoms with Crippen LogP contribution in [0.5, 0.6) is 11.5 Å². The first-order chi connectivity index (χ1) is 17.7. The number of aromatic carboxylic acids is 1. The van der Waals surface area contributed by atoms with Gasteiger partial charge < -0.3 is 15.3 Å². The number of carbonyl (C=O) groups is 1. The minimum absolute atomic E-state index is 0.520. The Labute approximate surface area is 227 Å². The van der Waals surface area contributed by atoms with E-state index in [1.165, 1.54) is 0 Å². The lowest BCUT2D eigenvalue weighted by Crippen LogP contribution is -2.07. The fraction of sp³-hybridized carbons (Fsp3) is 0. The van der Waals surface area contributed by atoms with Crippen LogP contribution in [-0.2, 0) is 30.4 Å². The number of fused-ring (bicyclic) bond motifs is 2. The third kappa shape index (κ3) is 4.83. The summed E-state index contributed by atoms with van der Waals surface area (Å²) in [6.45, 7) is 0. The number of benzene rings is 3. The maximum absolute atomic E-state index is 12.3. The van der Waals surface area contributed by atoms with Crippen LogP contribution in [0.25, 0.3) is 33.1 Å². The molecule has 4 aromatic rings. The molecule has 0 saturated heterocycles. The maximum Gasteiger partial charge on any atom is 0.386 e. The van der Waals surface area contributed by atoms with Crippen molar-refractivity contribution < 1.29 is 63.4 Å². The van der Waals surface area contributed by atoms with Gasteiger partial charge in [-0.2, -0.15) is 25.3 Å². The van der Waals surface area contributed by atoms with Crippen molar-refractivity contribution in [3.63, 3.8) is 0 Å². The van der Waals surface area contributed by atoms with Gasteiger partial charge in [-0.1, -0.05) is 29.3 Å². The molecular formula is C20H11Cl2O14S3+. The lowest BCUT2D eigenvalue weighted by Gasteiger charge is -2.13. The number of phenolic OH excluding ortho intramolecular Hbond substituents is 2. The molecular weight excluding hydrogens is 631 g/mol. The van der Waals surface area contributed by atoms with Gasteiger partial charge in [0.25, 0.3) is 10.1 Å². The number of carboxylic acids is 1. The normalized spacial score (nSPS) is 12.7. The molecule has 1 heterocycles. The van der Waals surface area contributed by atoms with Crippen molar-refractivity contribution in [1.29, 1.82) is 0 Å². The number of rotatable bonds is 5. The molecule has 0 aliphatic heterocycles. The Morgan fingerprint density at radius 1 is 0.718 bits per heavy atom. The third-order valence-electron chi connectivity index (χ3n) is 5.36. The van der Waals surface area contributed by atoms with Crippen molar-refractivity contribution in [2.24, 2.45) is 0 Å². The number of phenols is 2. The summed E-state index contributed by atoms with van der Waals surface area (Å²) in [6.07, 6.45) is 0. The zero-order valence-corrected chi connectivity index (χ0v) is 22.3. The predicted molar refractivity (Wildman–Crippen MR) is 133 cm³/mol. The Balaban J connectivity index is 2.49. The molecule has 6 N–H and O–H groups in total. The number of carboxylic acid groups (broad SMARTS) is 1. The smallest absolute Gasteiger partial charge is 0.386 e. The summed E-state index contributed by atoms with van der Waals surface area (Å²) in [5.41, 5.74) is -3.92. The summed E-state index contributed by atoms with van der Waals surface area (Å²) in [5, 5.41) is 27.3. The average molecular weight is 642 g/mol. The molecule has 0 fully saturated rings. The molecule has 4 rings (SSSR count). The van der Waals surface area contributed by atoms with Crippen LogP contribution in [0.1, 0.15) is 10.4 Å². The Bertz CT molecular complexity index is 2000. The molecule has 19 heteroatoms. The van der Waals surface area contributed by atoms with E-state index in [2.05, 4.69) is 0 Å². The van der Waals surface area contributed by atoms with Crippen molar-refractivity contribution in [3.8, 4) is 22.6 Å². The van der Waals surface area contributed by atoms with Gasteiger partial charge in [-0.25, -0.2) is 9.21 Å². The Morgan fingerprint density at radius 2 is 1.15 bits per heavy atom. The molecule has 0 bridgehead atoms. The number of hydrogen-bond acceptors (Lipinski definition) is 9. The minimum atomic E-state index is -5.45. The van der Waals surface area contributed by atoms with E-state index in [-0.39, 0.29) is 0 Å². The summed E-state index contributed by atoms with van der Waals surface area (Å²) in [5.74, 6) is -4.19. The maximum atomic E-state index is 12.3. The van der Waals surface area contributed by atoms with Crippen molar-refractivity contribution >= 4 is 81.5 Å². The molecule has 0 radical (unpaired) electrons. The highest BCUT2D eigenvalue weighted by Gasteiger charge is 2.39. The molecule has 206 valence electrons. The van der Waals surface area contributed by atoms with Gasteiger partial charge in [0.1, 0.15) is 4.90 Å². The van der Waals surface area contributed by atoms with Crippen LogP contribution < -0.4 is 0 Å². The zero-order chi connectivity index (χ0) is 29.4. The van der Waals surface area contributed by atoms with Gasteiger partial charge in [0.15, 0.2) is 11.5 Å². The molecule has 0 aliphatic carbocycles. The first-order valence-electron chi connectivity index (χ1n) is 9.71. The van der Waals surface area contributed by atoms with Crippen molar-refractivity contribution in [3.05, 3.63) is 45.9 Å². The number of halogens is 2. The summed E-state index contributed by atoms with van der Waals surface area (Å²) in [6, 6.07) is 3.85. The molecule has 0 unspecified atom stereocenters. The highest BCUT2D eigenvalue weighted by molar-refractivity contribution is 7.86. The van der Waals surface area contributed by atoms with E-state index in [1.54, 1.807) is 0 Å². The van der Waals surface area contributed by atoms with Gasteiger partial charge in [0.05, 0.1) is 26.4 Å². The van der Waals surface area contributed by atoms with Gasteiger partial charge >= 0.3 is 37.4 Å². The summed E-state index contributed by atoms with van der Waals surface area (Å²) in [7, 11) is -16.2. The van der Waals surface area contributed by atoms with E-state index in [4.69, 9.17) is 27.6 Å². The highest BCUT2D eigenvalue weighted by atomic mass is 35.5. The summed E-state index contributed by atoms with van der Waals surface area (Å²) in [4.78, 5) is 7.50. The van der Waals surface area contributed by atoms with Crippen LogP contribution in [0.2, 0.25) is 10.0 Å². The average Bonchev–Trinajstić information content (AvgIpc) is 2.77. The third-order valence-corrected chi connectivity index (χ3v) is 8.62. The van der Waals surface area contributed by atoms with E-state index >= 15 is 0 Å². The topological polar surface area (TPSA) is 252 Å². The monoisotopic (exact) mass is 641 g/mol. The molecule has 1 aromatic heterocycles. The molecule has 0 aliphatic rings. The quantitative estimate of drug-likeness (QED) is 0.103. The molecule has 3 aromatic carbocycles. The molecule has 0 spiro atoms. The minimum Gasteiger partial charge on any atom is -0.505 e. The van der Waals surface area contributed by atoms with Gasteiger partial charge in [0, 0.05) is 11.1 Å². The van der Waals surface area contributed by atoms with E-state index < -0.39 is 111 Å². The predicted octanol–water partition coefficient (Wildman–Crippen LogP) is 3.69. The van der Waals surface area contributed by atoms with Crippen LogP contribution in [0.4, 0.5) is 0 Å². The summed E-state index contributed by atoms with van der Waals surface area (Å²) >= 11 is 11.9. The second kappa shape index (κ2) is 9.14. The van der Waals surface area contributed by atoms with Crippen molar-refractivity contribution in [2.45, 2.75) is 14.7 Å². The highest BCUT2D eigenvalue weighted by Crippen LogP contribution is 2.49. The van der Waals surface area contributed by atoms with Crippen molar-refractivity contribution in [1.82, 2.24) is 0 Å². The van der Waals surface area contributed by atoms with E-state index in [0.717, 1.165) is 24.3 Å². The van der Waals surface area contributed by atoms with Crippen LogP contribution in [0.3, 0.4) is 0 Å². The molecule has 0 amide bonds. The fourth-order valence-electron chi connectivity index (χ4n) is 3.86. The van der Waals surface area contributed by atoms with Crippen LogP contribution in [0, 0.1) is 0 Å². The second-order valence-corrected chi connectivity index (χ2v) is 12.7. The molecule has 0 atom stereocenters. The van der Waals surface area contributed by atoms with E-state index in [9.17, 15) is 59.0 Å². The number of aromatic hydroxyl groups is 2. The van der Waals surface area contributed by atoms with Crippen molar-refractivity contribution in [2.75, 3.05) is 0 Å². The molecule has 0 saturated carbocycles. The Hall–Kier alpha value is -3.29. The fourth-order valence-corrected chi connectivity index (χ4v) is 6.59. The van der Waals surface area contributed by atoms with Gasteiger partial charge in [-0.15, -0.1) is 0 Å². The van der Waals surface area contributed by atoms with Crippen LogP contribution in [0.15, 0.2) is 49.4 Å². The number of hydrogen-bond donors (Lipinski definition) is 6. The lowest BCUT2D eigenvalue weighted by atomic mass is 9.96. The molecule has 39 heavy (non-hydrogen) atoms. The van der Waals surface area contributed by atoms with Crippen LogP contribution >= 0.6 is 23.2 Å². The first-order valence-corrected chi connectivity index (χ1v) is 14.8. The van der Waals surface area contributed by atoms with Gasteiger partial charge in [0.2, 0.25) is 9.79 Å². The lowest BCUT2D eigenvalue weighted by molar-refractivity contribution is 0.0696. The SMILES string of the molecule is O=C(O)c1ccc(-c2c3cc(Cl)c(O)c(S(=O)(=O)O)c3[o+]c3c(S(=O)(=O)O)c(O)c(Cl)cc23)c(S(=O)(=O)O)c1. The molecule has 14 nitrogen and oxygen atoms in total. The Morgan fingerprint density at radius 3 is 1.51 bits per heavy atom. The van der Waals surface area contributed by atoms with Gasteiger partial charge in [-0.3, -0.25) is 13.7 Å². The van der Waals surface area contributed by atoms with E-state index in [0.29, 0.717) is 6.07 Å². The Kier molecular flexibility index (Phi) is 6.73. The first kappa shape index (κ1) is 28.7. The van der Waals surface area contributed by atoms with Gasteiger partial charge in [-0.05, 0) is 24.3 Å². The zero-order valence-electron chi connectivity index (χ0n) is 18.3. The second-order valence-electron chi connectivity index (χ2n) is 7.74. The van der Waals surface area contributed by atoms with E-state index in [1.807, 2.05) is 0 Å².